The number of ether oxygens (including phenoxy) is 2. The minimum absolute atomic E-state index is 0. The lowest BCUT2D eigenvalue weighted by Crippen LogP contribution is -2.40. The average Bonchev–Trinajstić information content (AvgIpc) is 2.71. The third-order valence-corrected chi connectivity index (χ3v) is 4.79. The maximum absolute atomic E-state index is 12.2. The van der Waals surface area contributed by atoms with E-state index in [9.17, 15) is 13.2 Å². The van der Waals surface area contributed by atoms with E-state index in [2.05, 4.69) is 19.9 Å². The van der Waals surface area contributed by atoms with Gasteiger partial charge in [0.15, 0.2) is 5.96 Å². The number of halogens is 5. The normalized spacial score (nSPS) is 16.3. The van der Waals surface area contributed by atoms with E-state index in [0.717, 1.165) is 18.7 Å². The van der Waals surface area contributed by atoms with Crippen LogP contribution >= 0.6 is 35.6 Å². The molecule has 11 heteroatoms. The molecule has 1 heterocycles. The van der Waals surface area contributed by atoms with Crippen molar-refractivity contribution in [2.24, 2.45) is 10.7 Å². The third-order valence-electron chi connectivity index (χ3n) is 4.54. The van der Waals surface area contributed by atoms with Gasteiger partial charge in [0.25, 0.3) is 0 Å². The molecule has 170 valence electrons. The van der Waals surface area contributed by atoms with Gasteiger partial charge in [-0.15, -0.1) is 37.1 Å². The number of nitrogens with zero attached hydrogens (tertiary/aromatic N) is 2. The zero-order chi connectivity index (χ0) is 21.6. The van der Waals surface area contributed by atoms with Gasteiger partial charge in [0.05, 0.1) is 25.8 Å². The van der Waals surface area contributed by atoms with Crippen molar-refractivity contribution in [2.75, 3.05) is 38.2 Å². The summed E-state index contributed by atoms with van der Waals surface area (Å²) in [5.74, 6) is -0.148. The summed E-state index contributed by atoms with van der Waals surface area (Å²) >= 11 is 6.00. The van der Waals surface area contributed by atoms with Gasteiger partial charge >= 0.3 is 6.36 Å². The van der Waals surface area contributed by atoms with E-state index in [1.807, 2.05) is 24.3 Å². The van der Waals surface area contributed by atoms with E-state index in [0.29, 0.717) is 30.5 Å². The molecule has 1 fully saturated rings. The molecule has 1 unspecified atom stereocenters. The average molecular weight is 571 g/mol. The highest BCUT2D eigenvalue weighted by Crippen LogP contribution is 2.25. The molecule has 0 amide bonds. The van der Waals surface area contributed by atoms with Gasteiger partial charge < -0.3 is 20.5 Å². The SMILES string of the molecule is I.NC(=NCC(c1ccc(Cl)cc1)N1CCOCC1)Nc1ccc(OC(F)(F)F)cc1. The maximum atomic E-state index is 12.2. The molecule has 3 N–H and O–H groups in total. The van der Waals surface area contributed by atoms with Crippen LogP contribution in [0, 0.1) is 0 Å². The van der Waals surface area contributed by atoms with Crippen molar-refractivity contribution in [1.29, 1.82) is 0 Å². The van der Waals surface area contributed by atoms with E-state index in [1.165, 1.54) is 24.3 Å². The van der Waals surface area contributed by atoms with Crippen molar-refractivity contribution in [1.82, 2.24) is 4.90 Å². The van der Waals surface area contributed by atoms with Crippen LogP contribution in [0.2, 0.25) is 5.02 Å². The molecule has 1 aliphatic rings. The molecule has 0 spiro atoms. The number of hydrogen-bond acceptors (Lipinski definition) is 4. The molecule has 1 aliphatic heterocycles. The van der Waals surface area contributed by atoms with Crippen LogP contribution < -0.4 is 15.8 Å². The van der Waals surface area contributed by atoms with E-state index in [4.69, 9.17) is 22.1 Å². The Morgan fingerprint density at radius 1 is 1.13 bits per heavy atom. The number of aliphatic imine (C=N–C) groups is 1. The molecule has 0 aliphatic carbocycles. The first-order valence-corrected chi connectivity index (χ1v) is 9.68. The molecule has 1 atom stereocenters. The standard InChI is InChI=1S/C20H22ClF3N4O2.HI/c21-15-3-1-14(2-4-15)18(28-9-11-29-12-10-28)13-26-19(25)27-16-5-7-17(8-6-16)30-20(22,23)24;/h1-8,18H,9-13H2,(H3,25,26,27);1H. The third kappa shape index (κ3) is 8.36. The minimum Gasteiger partial charge on any atom is -0.406 e. The Morgan fingerprint density at radius 2 is 1.74 bits per heavy atom. The summed E-state index contributed by atoms with van der Waals surface area (Å²) in [7, 11) is 0. The zero-order valence-corrected chi connectivity index (χ0v) is 19.5. The van der Waals surface area contributed by atoms with Crippen LogP contribution in [-0.4, -0.2) is 50.1 Å². The summed E-state index contributed by atoms with van der Waals surface area (Å²) in [5.41, 5.74) is 7.55. The van der Waals surface area contributed by atoms with Gasteiger partial charge in [-0.25, -0.2) is 0 Å². The lowest BCUT2D eigenvalue weighted by Gasteiger charge is -2.34. The first-order valence-electron chi connectivity index (χ1n) is 9.30. The van der Waals surface area contributed by atoms with Gasteiger partial charge in [-0.2, -0.15) is 0 Å². The highest BCUT2D eigenvalue weighted by molar-refractivity contribution is 14.0. The van der Waals surface area contributed by atoms with Crippen LogP contribution in [0.15, 0.2) is 53.5 Å². The maximum Gasteiger partial charge on any atom is 0.573 e. The van der Waals surface area contributed by atoms with Crippen LogP contribution in [0.3, 0.4) is 0 Å². The number of anilines is 1. The fourth-order valence-corrected chi connectivity index (χ4v) is 3.24. The topological polar surface area (TPSA) is 72.1 Å². The van der Waals surface area contributed by atoms with Crippen molar-refractivity contribution >= 4 is 47.2 Å². The molecule has 31 heavy (non-hydrogen) atoms. The van der Waals surface area contributed by atoms with Crippen LogP contribution in [0.25, 0.3) is 0 Å². The Labute approximate surface area is 200 Å². The lowest BCUT2D eigenvalue weighted by atomic mass is 10.0. The molecule has 0 saturated carbocycles. The first-order chi connectivity index (χ1) is 14.3. The fraction of sp³-hybridized carbons (Fsp3) is 0.350. The zero-order valence-electron chi connectivity index (χ0n) is 16.4. The predicted octanol–water partition coefficient (Wildman–Crippen LogP) is 4.66. The van der Waals surface area contributed by atoms with Crippen molar-refractivity contribution in [3.8, 4) is 5.75 Å². The van der Waals surface area contributed by atoms with Crippen molar-refractivity contribution in [2.45, 2.75) is 12.4 Å². The Hall–Kier alpha value is -1.76. The predicted molar refractivity (Wildman–Crippen MR) is 125 cm³/mol. The summed E-state index contributed by atoms with van der Waals surface area (Å²) in [6.45, 7) is 3.24. The van der Waals surface area contributed by atoms with Gasteiger partial charge in [0.2, 0.25) is 0 Å². The number of hydrogen-bond donors (Lipinski definition) is 2. The number of alkyl halides is 3. The lowest BCUT2D eigenvalue weighted by molar-refractivity contribution is -0.274. The van der Waals surface area contributed by atoms with Crippen LogP contribution in [-0.2, 0) is 4.74 Å². The molecule has 3 rings (SSSR count). The summed E-state index contributed by atoms with van der Waals surface area (Å²) in [4.78, 5) is 6.70. The van der Waals surface area contributed by atoms with E-state index in [-0.39, 0.29) is 41.7 Å². The quantitative estimate of drug-likeness (QED) is 0.301. The molecular weight excluding hydrogens is 548 g/mol. The minimum atomic E-state index is -4.73. The summed E-state index contributed by atoms with van der Waals surface area (Å²) in [5, 5.41) is 3.53. The Kier molecular flexibility index (Phi) is 9.66. The number of benzene rings is 2. The van der Waals surface area contributed by atoms with Gasteiger partial charge in [0.1, 0.15) is 5.75 Å². The second-order valence-electron chi connectivity index (χ2n) is 6.64. The molecule has 2 aromatic carbocycles. The highest BCUT2D eigenvalue weighted by atomic mass is 127. The molecule has 1 saturated heterocycles. The smallest absolute Gasteiger partial charge is 0.406 e. The molecule has 0 aromatic heterocycles. The Balaban J connectivity index is 0.00000341. The van der Waals surface area contributed by atoms with Gasteiger partial charge in [-0.3, -0.25) is 9.89 Å². The van der Waals surface area contributed by atoms with Gasteiger partial charge in [-0.05, 0) is 42.0 Å². The second-order valence-corrected chi connectivity index (χ2v) is 7.08. The van der Waals surface area contributed by atoms with E-state index >= 15 is 0 Å². The van der Waals surface area contributed by atoms with Crippen molar-refractivity contribution in [3.63, 3.8) is 0 Å². The van der Waals surface area contributed by atoms with E-state index < -0.39 is 6.36 Å². The number of rotatable bonds is 6. The van der Waals surface area contributed by atoms with Gasteiger partial charge in [-0.1, -0.05) is 23.7 Å². The summed E-state index contributed by atoms with van der Waals surface area (Å²) < 4.78 is 46.0. The van der Waals surface area contributed by atoms with Crippen molar-refractivity contribution in [3.05, 3.63) is 59.1 Å². The van der Waals surface area contributed by atoms with Crippen LogP contribution in [0.1, 0.15) is 11.6 Å². The van der Waals surface area contributed by atoms with Gasteiger partial charge in [0, 0.05) is 23.8 Å². The molecular formula is C20H23ClF3IN4O2. The fourth-order valence-electron chi connectivity index (χ4n) is 3.12. The van der Waals surface area contributed by atoms with Crippen LogP contribution in [0.4, 0.5) is 18.9 Å². The largest absolute Gasteiger partial charge is 0.573 e. The monoisotopic (exact) mass is 570 g/mol. The number of guanidine groups is 1. The number of nitrogens with one attached hydrogen (secondary N) is 1. The van der Waals surface area contributed by atoms with Crippen LogP contribution in [0.5, 0.6) is 5.75 Å². The molecule has 2 aromatic rings. The first kappa shape index (κ1) is 25.5. The summed E-state index contributed by atoms with van der Waals surface area (Å²) in [6.07, 6.45) is -4.73. The molecule has 0 radical (unpaired) electrons. The molecule has 0 bridgehead atoms. The molecule has 6 nitrogen and oxygen atoms in total. The number of morpholine rings is 1. The highest BCUT2D eigenvalue weighted by Gasteiger charge is 2.31. The Bertz CT molecular complexity index is 845. The summed E-state index contributed by atoms with van der Waals surface area (Å²) in [6, 6.07) is 12.8. The van der Waals surface area contributed by atoms with Crippen molar-refractivity contribution < 1.29 is 22.6 Å². The van der Waals surface area contributed by atoms with E-state index in [1.54, 1.807) is 0 Å². The second kappa shape index (κ2) is 11.7. The number of nitrogens with two attached hydrogens (primary N) is 1. The Morgan fingerprint density at radius 3 is 2.32 bits per heavy atom.